The molecule has 0 radical (unpaired) electrons. The van der Waals surface area contributed by atoms with E-state index in [4.69, 9.17) is 4.74 Å². The molecule has 0 unspecified atom stereocenters. The molecule has 1 aliphatic rings. The Morgan fingerprint density at radius 3 is 2.69 bits per heavy atom. The van der Waals surface area contributed by atoms with Crippen molar-refractivity contribution in [1.29, 1.82) is 0 Å². The molecule has 0 aliphatic carbocycles. The number of benzene rings is 2. The third-order valence-electron chi connectivity index (χ3n) is 4.38. The quantitative estimate of drug-likeness (QED) is 0.863. The highest BCUT2D eigenvalue weighted by Crippen LogP contribution is 2.14. The van der Waals surface area contributed by atoms with E-state index in [1.807, 2.05) is 12.1 Å². The molecule has 1 saturated heterocycles. The van der Waals surface area contributed by atoms with Crippen LogP contribution < -0.4 is 10.6 Å². The maximum Gasteiger partial charge on any atom is 0.319 e. The number of rotatable bonds is 5. The Hall–Kier alpha value is -2.44. The van der Waals surface area contributed by atoms with Crippen molar-refractivity contribution < 1.29 is 13.9 Å². The number of carbonyl (C=O) groups is 1. The third-order valence-corrected chi connectivity index (χ3v) is 4.38. The van der Waals surface area contributed by atoms with E-state index in [1.54, 1.807) is 19.1 Å². The lowest BCUT2D eigenvalue weighted by Crippen LogP contribution is -2.35. The third kappa shape index (κ3) is 5.28. The van der Waals surface area contributed by atoms with Crippen molar-refractivity contribution in [2.24, 2.45) is 0 Å². The van der Waals surface area contributed by atoms with Crippen LogP contribution in [0.25, 0.3) is 0 Å². The molecule has 1 fully saturated rings. The van der Waals surface area contributed by atoms with Crippen LogP contribution in [0.15, 0.2) is 42.5 Å². The number of hydrogen-bond acceptors (Lipinski definition) is 3. The highest BCUT2D eigenvalue weighted by atomic mass is 19.1. The number of amides is 2. The fraction of sp³-hybridized carbons (Fsp3) is 0.350. The van der Waals surface area contributed by atoms with Gasteiger partial charge in [-0.15, -0.1) is 0 Å². The van der Waals surface area contributed by atoms with Crippen molar-refractivity contribution in [3.63, 3.8) is 0 Å². The summed E-state index contributed by atoms with van der Waals surface area (Å²) in [5.41, 5.74) is 3.23. The first-order chi connectivity index (χ1) is 12.6. The van der Waals surface area contributed by atoms with Gasteiger partial charge in [-0.1, -0.05) is 30.3 Å². The molecule has 0 bridgehead atoms. The first-order valence-electron chi connectivity index (χ1n) is 8.79. The second kappa shape index (κ2) is 8.78. The van der Waals surface area contributed by atoms with Crippen molar-refractivity contribution in [2.75, 3.05) is 31.6 Å². The van der Waals surface area contributed by atoms with E-state index in [0.29, 0.717) is 17.8 Å². The maximum atomic E-state index is 13.5. The van der Waals surface area contributed by atoms with Gasteiger partial charge < -0.3 is 15.4 Å². The molecule has 1 heterocycles. The van der Waals surface area contributed by atoms with Crippen LogP contribution in [-0.2, 0) is 17.8 Å². The van der Waals surface area contributed by atoms with E-state index < -0.39 is 0 Å². The van der Waals surface area contributed by atoms with Crippen molar-refractivity contribution in [3.05, 3.63) is 65.0 Å². The van der Waals surface area contributed by atoms with Crippen LogP contribution in [0, 0.1) is 12.7 Å². The van der Waals surface area contributed by atoms with Gasteiger partial charge in [0.25, 0.3) is 0 Å². The van der Waals surface area contributed by atoms with Gasteiger partial charge in [-0.25, -0.2) is 9.18 Å². The zero-order chi connectivity index (χ0) is 18.4. The van der Waals surface area contributed by atoms with Crippen molar-refractivity contribution >= 4 is 11.7 Å². The average molecular weight is 357 g/mol. The van der Waals surface area contributed by atoms with Gasteiger partial charge in [-0.3, -0.25) is 4.90 Å². The fourth-order valence-electron chi connectivity index (χ4n) is 2.88. The molecule has 138 valence electrons. The van der Waals surface area contributed by atoms with E-state index in [1.165, 1.54) is 11.6 Å². The van der Waals surface area contributed by atoms with E-state index in [2.05, 4.69) is 27.7 Å². The number of anilines is 1. The van der Waals surface area contributed by atoms with Gasteiger partial charge >= 0.3 is 6.03 Å². The predicted molar refractivity (Wildman–Crippen MR) is 99.5 cm³/mol. The fourth-order valence-corrected chi connectivity index (χ4v) is 2.88. The largest absolute Gasteiger partial charge is 0.379 e. The molecule has 0 atom stereocenters. The molecule has 2 aromatic carbocycles. The van der Waals surface area contributed by atoms with Gasteiger partial charge in [0.1, 0.15) is 5.82 Å². The molecule has 0 spiro atoms. The van der Waals surface area contributed by atoms with Crippen LogP contribution >= 0.6 is 0 Å². The van der Waals surface area contributed by atoms with Crippen LogP contribution in [0.1, 0.15) is 16.7 Å². The predicted octanol–water partition coefficient (Wildman–Crippen LogP) is 3.29. The van der Waals surface area contributed by atoms with Crippen molar-refractivity contribution in [2.45, 2.75) is 20.0 Å². The zero-order valence-electron chi connectivity index (χ0n) is 14.9. The first kappa shape index (κ1) is 18.4. The minimum atomic E-state index is -0.355. The van der Waals surface area contributed by atoms with Crippen LogP contribution in [0.2, 0.25) is 0 Å². The highest BCUT2D eigenvalue weighted by molar-refractivity contribution is 5.89. The lowest BCUT2D eigenvalue weighted by atomic mass is 10.1. The molecule has 2 N–H and O–H groups in total. The molecule has 6 heteroatoms. The van der Waals surface area contributed by atoms with Crippen LogP contribution in [-0.4, -0.2) is 37.2 Å². The van der Waals surface area contributed by atoms with Crippen molar-refractivity contribution in [1.82, 2.24) is 10.2 Å². The van der Waals surface area contributed by atoms with Crippen LogP contribution in [0.4, 0.5) is 14.9 Å². The molecular formula is C20H24FN3O2. The van der Waals surface area contributed by atoms with E-state index >= 15 is 0 Å². The molecule has 26 heavy (non-hydrogen) atoms. The SMILES string of the molecule is Cc1ccc(NC(=O)NCc2cccc(CN3CCOCC3)c2)cc1F. The average Bonchev–Trinajstić information content (AvgIpc) is 2.64. The summed E-state index contributed by atoms with van der Waals surface area (Å²) in [6, 6.07) is 12.5. The number of aryl methyl sites for hydroxylation is 1. The number of urea groups is 1. The monoisotopic (exact) mass is 357 g/mol. The van der Waals surface area contributed by atoms with E-state index in [9.17, 15) is 9.18 Å². The normalized spacial score (nSPS) is 14.8. The van der Waals surface area contributed by atoms with Crippen molar-refractivity contribution in [3.8, 4) is 0 Å². The Morgan fingerprint density at radius 1 is 1.15 bits per heavy atom. The molecule has 1 aliphatic heterocycles. The topological polar surface area (TPSA) is 53.6 Å². The number of morpholine rings is 1. The smallest absolute Gasteiger partial charge is 0.319 e. The molecule has 5 nitrogen and oxygen atoms in total. The summed E-state index contributed by atoms with van der Waals surface area (Å²) in [6.45, 7) is 6.42. The summed E-state index contributed by atoms with van der Waals surface area (Å²) >= 11 is 0. The van der Waals surface area contributed by atoms with E-state index in [-0.39, 0.29) is 11.8 Å². The molecule has 3 rings (SSSR count). The summed E-state index contributed by atoms with van der Waals surface area (Å²) in [7, 11) is 0. The van der Waals surface area contributed by atoms with Gasteiger partial charge in [0.05, 0.1) is 13.2 Å². The molecule has 2 aromatic rings. The van der Waals surface area contributed by atoms with Crippen LogP contribution in [0.3, 0.4) is 0 Å². The number of halogens is 1. The summed E-state index contributed by atoms with van der Waals surface area (Å²) < 4.78 is 18.9. The maximum absolute atomic E-state index is 13.5. The number of nitrogens with one attached hydrogen (secondary N) is 2. The Kier molecular flexibility index (Phi) is 6.20. The van der Waals surface area contributed by atoms with Gasteiger partial charge in [-0.05, 0) is 35.7 Å². The summed E-state index contributed by atoms with van der Waals surface area (Å²) in [5.74, 6) is -0.335. The molecule has 2 amide bonds. The Balaban J connectivity index is 1.51. The standard InChI is InChI=1S/C20H24FN3O2/c1-15-5-6-18(12-19(15)21)23-20(25)22-13-16-3-2-4-17(11-16)14-24-7-9-26-10-8-24/h2-6,11-12H,7-10,13-14H2,1H3,(H2,22,23,25). The summed E-state index contributed by atoms with van der Waals surface area (Å²) in [4.78, 5) is 14.4. The first-order valence-corrected chi connectivity index (χ1v) is 8.79. The lowest BCUT2D eigenvalue weighted by molar-refractivity contribution is 0.0342. The molecule has 0 saturated carbocycles. The minimum absolute atomic E-state index is 0.335. The lowest BCUT2D eigenvalue weighted by Gasteiger charge is -2.26. The van der Waals surface area contributed by atoms with Gasteiger partial charge in [0, 0.05) is 31.9 Å². The Labute approximate surface area is 153 Å². The summed E-state index contributed by atoms with van der Waals surface area (Å²) in [5, 5.41) is 5.45. The second-order valence-corrected chi connectivity index (χ2v) is 6.48. The Bertz CT molecular complexity index is 760. The second-order valence-electron chi connectivity index (χ2n) is 6.48. The zero-order valence-corrected chi connectivity index (χ0v) is 14.9. The van der Waals surface area contributed by atoms with Gasteiger partial charge in [-0.2, -0.15) is 0 Å². The van der Waals surface area contributed by atoms with Crippen LogP contribution in [0.5, 0.6) is 0 Å². The van der Waals surface area contributed by atoms with E-state index in [0.717, 1.165) is 38.4 Å². The number of hydrogen-bond donors (Lipinski definition) is 2. The minimum Gasteiger partial charge on any atom is -0.379 e. The highest BCUT2D eigenvalue weighted by Gasteiger charge is 2.11. The van der Waals surface area contributed by atoms with Gasteiger partial charge in [0.2, 0.25) is 0 Å². The summed E-state index contributed by atoms with van der Waals surface area (Å²) in [6.07, 6.45) is 0. The number of ether oxygens (including phenoxy) is 1. The molecular weight excluding hydrogens is 333 g/mol. The Morgan fingerprint density at radius 2 is 1.92 bits per heavy atom. The number of carbonyl (C=O) groups excluding carboxylic acids is 1. The number of nitrogens with zero attached hydrogens (tertiary/aromatic N) is 1. The van der Waals surface area contributed by atoms with Gasteiger partial charge in [0.15, 0.2) is 0 Å². The molecule has 0 aromatic heterocycles.